The monoisotopic (exact) mass is 387 g/mol. The summed E-state index contributed by atoms with van der Waals surface area (Å²) in [6, 6.07) is 0. The molecular weight excluding hydrogens is 358 g/mol. The van der Waals surface area contributed by atoms with Crippen molar-refractivity contribution in [3.8, 4) is 0 Å². The van der Waals surface area contributed by atoms with Gasteiger partial charge in [-0.2, -0.15) is 19.6 Å². The maximum absolute atomic E-state index is 12.2. The van der Waals surface area contributed by atoms with E-state index >= 15 is 0 Å². The second-order valence-electron chi connectivity index (χ2n) is 8.09. The van der Waals surface area contributed by atoms with E-state index in [2.05, 4.69) is 13.0 Å². The number of fused-ring (bicyclic) bond motifs is 3. The largest absolute Gasteiger partial charge is 0.243 e. The van der Waals surface area contributed by atoms with E-state index in [0.717, 1.165) is 25.7 Å². The molecule has 2 bridgehead atoms. The summed E-state index contributed by atoms with van der Waals surface area (Å²) in [4.78, 5) is 23.4. The highest BCUT2D eigenvalue weighted by molar-refractivity contribution is 7.89. The Hall–Kier alpha value is -0.510. The summed E-state index contributed by atoms with van der Waals surface area (Å²) < 4.78 is 26.0. The minimum Gasteiger partial charge on any atom is -0.212 e. The van der Waals surface area contributed by atoms with E-state index in [9.17, 15) is 8.42 Å². The van der Waals surface area contributed by atoms with Gasteiger partial charge >= 0.3 is 0 Å². The third-order valence-corrected chi connectivity index (χ3v) is 8.31. The van der Waals surface area contributed by atoms with Crippen molar-refractivity contribution in [3.05, 3.63) is 11.6 Å². The van der Waals surface area contributed by atoms with Crippen LogP contribution in [-0.2, 0) is 29.6 Å². The summed E-state index contributed by atoms with van der Waals surface area (Å²) >= 11 is 0. The Bertz CT molecular complexity index is 657. The molecule has 3 fully saturated rings. The Morgan fingerprint density at radius 2 is 1.88 bits per heavy atom. The van der Waals surface area contributed by atoms with Gasteiger partial charge in [-0.25, -0.2) is 12.7 Å². The molecule has 2 aliphatic heterocycles. The van der Waals surface area contributed by atoms with Crippen LogP contribution in [0.4, 0.5) is 0 Å². The minimum absolute atomic E-state index is 0.0546. The molecule has 0 radical (unpaired) electrons. The molecule has 148 valence electrons. The van der Waals surface area contributed by atoms with Gasteiger partial charge in [0.05, 0.1) is 5.75 Å². The molecule has 2 heterocycles. The van der Waals surface area contributed by atoms with Crippen LogP contribution in [0.15, 0.2) is 11.6 Å². The second kappa shape index (κ2) is 6.83. The Morgan fingerprint density at radius 3 is 2.54 bits per heavy atom. The predicted octanol–water partition coefficient (Wildman–Crippen LogP) is 2.89. The minimum atomic E-state index is -3.20. The SMILES string of the molecule is CCCS(=O)(=O)N1CCC2(CC1)OOC1(OO2)C(C)C=C2CCCC1C2. The highest BCUT2D eigenvalue weighted by Crippen LogP contribution is 2.51. The average molecular weight is 387 g/mol. The molecule has 1 saturated carbocycles. The van der Waals surface area contributed by atoms with E-state index in [-0.39, 0.29) is 17.6 Å². The van der Waals surface area contributed by atoms with Crippen molar-refractivity contribution in [3.63, 3.8) is 0 Å². The van der Waals surface area contributed by atoms with Crippen LogP contribution in [0.5, 0.6) is 0 Å². The molecule has 2 saturated heterocycles. The van der Waals surface area contributed by atoms with Gasteiger partial charge in [0, 0.05) is 37.8 Å². The maximum Gasteiger partial charge on any atom is 0.243 e. The zero-order valence-electron chi connectivity index (χ0n) is 15.6. The van der Waals surface area contributed by atoms with Crippen molar-refractivity contribution in [2.45, 2.75) is 70.4 Å². The van der Waals surface area contributed by atoms with Crippen molar-refractivity contribution < 1.29 is 28.0 Å². The van der Waals surface area contributed by atoms with Crippen LogP contribution < -0.4 is 0 Å². The fourth-order valence-electron chi connectivity index (χ4n) is 4.69. The van der Waals surface area contributed by atoms with Crippen molar-refractivity contribution >= 4 is 10.0 Å². The normalized spacial score (nSPS) is 34.0. The lowest BCUT2D eigenvalue weighted by atomic mass is 9.70. The zero-order chi connectivity index (χ0) is 18.4. The van der Waals surface area contributed by atoms with Crippen molar-refractivity contribution in [1.29, 1.82) is 0 Å². The maximum atomic E-state index is 12.2. The lowest BCUT2D eigenvalue weighted by Crippen LogP contribution is -2.61. The van der Waals surface area contributed by atoms with Crippen LogP contribution in [-0.4, -0.2) is 43.1 Å². The van der Waals surface area contributed by atoms with Crippen LogP contribution in [0.2, 0.25) is 0 Å². The van der Waals surface area contributed by atoms with Gasteiger partial charge in [-0.1, -0.05) is 25.5 Å². The summed E-state index contributed by atoms with van der Waals surface area (Å²) in [7, 11) is -3.20. The second-order valence-corrected chi connectivity index (χ2v) is 10.2. The van der Waals surface area contributed by atoms with Gasteiger partial charge < -0.3 is 0 Å². The lowest BCUT2D eigenvalue weighted by Gasteiger charge is -2.52. The van der Waals surface area contributed by atoms with E-state index in [0.29, 0.717) is 32.4 Å². The molecular formula is C18H29NO6S. The van der Waals surface area contributed by atoms with Gasteiger partial charge in [-0.3, -0.25) is 0 Å². The summed E-state index contributed by atoms with van der Waals surface area (Å²) in [6.07, 6.45) is 7.91. The fraction of sp³-hybridized carbons (Fsp3) is 0.889. The molecule has 0 aromatic carbocycles. The van der Waals surface area contributed by atoms with Crippen molar-refractivity contribution in [1.82, 2.24) is 4.31 Å². The molecule has 4 aliphatic rings. The first-order valence-electron chi connectivity index (χ1n) is 9.80. The highest BCUT2D eigenvalue weighted by atomic mass is 32.2. The summed E-state index contributed by atoms with van der Waals surface area (Å²) in [5.74, 6) is -1.44. The third-order valence-electron chi connectivity index (χ3n) is 6.24. The first-order valence-corrected chi connectivity index (χ1v) is 11.4. The molecule has 7 nitrogen and oxygen atoms in total. The number of hydrogen-bond donors (Lipinski definition) is 0. The molecule has 4 rings (SSSR count). The Kier molecular flexibility index (Phi) is 4.95. The molecule has 2 spiro atoms. The van der Waals surface area contributed by atoms with Crippen molar-refractivity contribution in [2.75, 3.05) is 18.8 Å². The molecule has 0 amide bonds. The van der Waals surface area contributed by atoms with Crippen LogP contribution in [0.3, 0.4) is 0 Å². The number of sulfonamides is 1. The summed E-state index contributed by atoms with van der Waals surface area (Å²) in [5, 5.41) is 0. The van der Waals surface area contributed by atoms with Gasteiger partial charge in [0.2, 0.25) is 21.6 Å². The van der Waals surface area contributed by atoms with Gasteiger partial charge in [0.15, 0.2) is 0 Å². The standard InChI is InChI=1S/C18H29NO6S/c1-3-11-26(20,21)19-9-7-17(8-10-19)22-24-18(25-23-17)14(2)12-15-5-4-6-16(18)13-15/h12,14,16H,3-11,13H2,1-2H3. The quantitative estimate of drug-likeness (QED) is 0.548. The van der Waals surface area contributed by atoms with Crippen LogP contribution >= 0.6 is 0 Å². The Labute approximate surface area is 155 Å². The van der Waals surface area contributed by atoms with Gasteiger partial charge in [-0.15, -0.1) is 0 Å². The Morgan fingerprint density at radius 1 is 1.19 bits per heavy atom. The molecule has 26 heavy (non-hydrogen) atoms. The number of nitrogens with zero attached hydrogens (tertiary/aromatic N) is 1. The van der Waals surface area contributed by atoms with E-state index in [1.165, 1.54) is 9.88 Å². The average Bonchev–Trinajstić information content (AvgIpc) is 2.62. The summed E-state index contributed by atoms with van der Waals surface area (Å²) in [6.45, 7) is 4.65. The van der Waals surface area contributed by atoms with Gasteiger partial charge in [0.1, 0.15) is 0 Å². The topological polar surface area (TPSA) is 74.3 Å². The smallest absolute Gasteiger partial charge is 0.212 e. The zero-order valence-corrected chi connectivity index (χ0v) is 16.4. The van der Waals surface area contributed by atoms with Crippen molar-refractivity contribution in [2.24, 2.45) is 11.8 Å². The number of allylic oxidation sites excluding steroid dienone is 1. The number of piperidine rings is 1. The molecule has 8 heteroatoms. The van der Waals surface area contributed by atoms with Gasteiger partial charge in [-0.05, 0) is 32.1 Å². The van der Waals surface area contributed by atoms with Crippen LogP contribution in [0.25, 0.3) is 0 Å². The van der Waals surface area contributed by atoms with Gasteiger partial charge in [0.25, 0.3) is 0 Å². The predicted molar refractivity (Wildman–Crippen MR) is 93.9 cm³/mol. The molecule has 2 aliphatic carbocycles. The molecule has 2 unspecified atom stereocenters. The van der Waals surface area contributed by atoms with Crippen LogP contribution in [0.1, 0.15) is 58.8 Å². The molecule has 0 aromatic heterocycles. The number of hydrogen-bond acceptors (Lipinski definition) is 6. The van der Waals surface area contributed by atoms with Crippen LogP contribution in [0, 0.1) is 11.8 Å². The molecule has 0 aromatic rings. The van der Waals surface area contributed by atoms with E-state index < -0.39 is 21.6 Å². The highest BCUT2D eigenvalue weighted by Gasteiger charge is 2.58. The summed E-state index contributed by atoms with van der Waals surface area (Å²) in [5.41, 5.74) is 1.47. The van der Waals surface area contributed by atoms with E-state index in [1.807, 2.05) is 6.92 Å². The third kappa shape index (κ3) is 3.14. The first kappa shape index (κ1) is 18.8. The first-order chi connectivity index (χ1) is 12.4. The molecule has 2 atom stereocenters. The van der Waals surface area contributed by atoms with E-state index in [1.54, 1.807) is 0 Å². The Balaban J connectivity index is 1.41. The van der Waals surface area contributed by atoms with E-state index in [4.69, 9.17) is 19.6 Å². The molecule has 0 N–H and O–H groups in total. The fourth-order valence-corrected chi connectivity index (χ4v) is 6.20. The lowest BCUT2D eigenvalue weighted by molar-refractivity contribution is -0.672. The number of rotatable bonds is 3.